The molecule has 0 saturated carbocycles. The second-order valence-electron chi connectivity index (χ2n) is 7.80. The number of sulfone groups is 1. The Morgan fingerprint density at radius 1 is 1.17 bits per heavy atom. The highest BCUT2D eigenvalue weighted by Crippen LogP contribution is 2.30. The van der Waals surface area contributed by atoms with Crippen molar-refractivity contribution in [3.63, 3.8) is 0 Å². The van der Waals surface area contributed by atoms with E-state index in [1.165, 1.54) is 23.9 Å². The summed E-state index contributed by atoms with van der Waals surface area (Å²) in [5.41, 5.74) is 0.147. The molecule has 1 atom stereocenters. The van der Waals surface area contributed by atoms with E-state index in [9.17, 15) is 22.0 Å². The fraction of sp³-hybridized carbons (Fsp3) is 0.261. The van der Waals surface area contributed by atoms with Gasteiger partial charge in [-0.15, -0.1) is 0 Å². The lowest BCUT2D eigenvalue weighted by molar-refractivity contribution is 0.296. The van der Waals surface area contributed by atoms with Crippen molar-refractivity contribution in [1.29, 1.82) is 0 Å². The highest BCUT2D eigenvalue weighted by atomic mass is 32.2. The van der Waals surface area contributed by atoms with Gasteiger partial charge in [-0.3, -0.25) is 4.57 Å². The quantitative estimate of drug-likeness (QED) is 0.392. The summed E-state index contributed by atoms with van der Waals surface area (Å²) < 4.78 is 64.5. The van der Waals surface area contributed by atoms with Crippen molar-refractivity contribution in [2.45, 2.75) is 13.0 Å². The fourth-order valence-corrected chi connectivity index (χ4v) is 4.66. The van der Waals surface area contributed by atoms with E-state index in [0.29, 0.717) is 5.75 Å². The molecule has 4 rings (SSSR count). The van der Waals surface area contributed by atoms with Crippen LogP contribution >= 0.6 is 0 Å². The first-order chi connectivity index (χ1) is 16.6. The van der Waals surface area contributed by atoms with Gasteiger partial charge >= 0.3 is 5.69 Å². The van der Waals surface area contributed by atoms with Crippen LogP contribution in [0.25, 0.3) is 22.3 Å². The first-order valence-corrected chi connectivity index (χ1v) is 12.6. The van der Waals surface area contributed by atoms with Gasteiger partial charge in [0, 0.05) is 23.6 Å². The van der Waals surface area contributed by atoms with Crippen LogP contribution in [0.1, 0.15) is 18.7 Å². The molecule has 4 aromatic rings. The minimum Gasteiger partial charge on any atom is -0.491 e. The fourth-order valence-electron chi connectivity index (χ4n) is 3.77. The number of aromatic nitrogens is 4. The Bertz CT molecular complexity index is 1570. The largest absolute Gasteiger partial charge is 0.491 e. The van der Waals surface area contributed by atoms with Gasteiger partial charge < -0.3 is 14.5 Å². The topological polar surface area (TPSA) is 116 Å². The number of fused-ring (bicyclic) bond motifs is 1. The van der Waals surface area contributed by atoms with E-state index in [1.54, 1.807) is 19.1 Å². The molecule has 0 amide bonds. The van der Waals surface area contributed by atoms with E-state index in [2.05, 4.69) is 15.0 Å². The third-order valence-corrected chi connectivity index (χ3v) is 6.18. The monoisotopic (exact) mass is 504 g/mol. The minimum absolute atomic E-state index is 0.0288. The number of hydrogen-bond acceptors (Lipinski definition) is 7. The van der Waals surface area contributed by atoms with E-state index in [1.807, 2.05) is 0 Å². The number of halogens is 2. The summed E-state index contributed by atoms with van der Waals surface area (Å²) in [5, 5.41) is 0. The molecule has 0 aliphatic rings. The Labute approximate surface area is 199 Å². The highest BCUT2D eigenvalue weighted by Gasteiger charge is 2.27. The van der Waals surface area contributed by atoms with Crippen LogP contribution in [0.2, 0.25) is 0 Å². The molecule has 9 nitrogen and oxygen atoms in total. The summed E-state index contributed by atoms with van der Waals surface area (Å²) in [5.74, 6) is -1.24. The van der Waals surface area contributed by atoms with Gasteiger partial charge in [-0.2, -0.15) is 0 Å². The molecule has 12 heteroatoms. The molecular formula is C23H22F2N4O5S. The second kappa shape index (κ2) is 9.45. The Kier molecular flexibility index (Phi) is 6.57. The first kappa shape index (κ1) is 24.3. The van der Waals surface area contributed by atoms with Crippen LogP contribution in [0.3, 0.4) is 0 Å². The van der Waals surface area contributed by atoms with Gasteiger partial charge in [-0.1, -0.05) is 0 Å². The van der Waals surface area contributed by atoms with E-state index < -0.39 is 39.0 Å². The van der Waals surface area contributed by atoms with Gasteiger partial charge in [-0.05, 0) is 43.3 Å². The smallest absolute Gasteiger partial charge is 0.328 e. The molecule has 184 valence electrons. The van der Waals surface area contributed by atoms with Gasteiger partial charge in [0.25, 0.3) is 5.88 Å². The molecule has 1 aromatic carbocycles. The number of aromatic amines is 1. The molecule has 0 fully saturated rings. The van der Waals surface area contributed by atoms with Gasteiger partial charge in [0.2, 0.25) is 0 Å². The van der Waals surface area contributed by atoms with Gasteiger partial charge in [0.05, 0.1) is 36.7 Å². The predicted molar refractivity (Wildman–Crippen MR) is 126 cm³/mol. The van der Waals surface area contributed by atoms with Gasteiger partial charge in [0.15, 0.2) is 11.4 Å². The van der Waals surface area contributed by atoms with Crippen LogP contribution in [-0.4, -0.2) is 53.7 Å². The molecule has 1 unspecified atom stereocenters. The molecule has 35 heavy (non-hydrogen) atoms. The summed E-state index contributed by atoms with van der Waals surface area (Å²) in [4.78, 5) is 24.3. The van der Waals surface area contributed by atoms with Gasteiger partial charge in [-0.25, -0.2) is 32.0 Å². The number of hydrogen-bond donors (Lipinski definition) is 1. The number of nitrogens with zero attached hydrogens (tertiary/aromatic N) is 3. The molecule has 3 heterocycles. The number of ether oxygens (including phenoxy) is 2. The molecule has 0 bridgehead atoms. The highest BCUT2D eigenvalue weighted by molar-refractivity contribution is 7.90. The molecule has 0 saturated heterocycles. The van der Waals surface area contributed by atoms with Crippen molar-refractivity contribution in [3.05, 3.63) is 70.4 Å². The number of benzene rings is 1. The van der Waals surface area contributed by atoms with Crippen LogP contribution < -0.4 is 15.2 Å². The predicted octanol–water partition coefficient (Wildman–Crippen LogP) is 3.11. The molecule has 3 aromatic heterocycles. The number of rotatable bonds is 8. The maximum Gasteiger partial charge on any atom is 0.328 e. The summed E-state index contributed by atoms with van der Waals surface area (Å²) in [7, 11) is -2.15. The Hall–Kier alpha value is -3.80. The van der Waals surface area contributed by atoms with Crippen molar-refractivity contribution >= 4 is 21.0 Å². The third kappa shape index (κ3) is 5.02. The average molecular weight is 505 g/mol. The van der Waals surface area contributed by atoms with Crippen molar-refractivity contribution in [2.75, 3.05) is 25.7 Å². The van der Waals surface area contributed by atoms with Crippen molar-refractivity contribution in [3.8, 4) is 22.8 Å². The molecule has 0 radical (unpaired) electrons. The van der Waals surface area contributed by atoms with Crippen molar-refractivity contribution in [2.24, 2.45) is 0 Å². The standard InChI is InChI=1S/C23H22F2N4O5S/c1-4-34-22-20(33-2)8-7-17(27-22)19(12-35(3,31)32)29-21-18(28-23(29)30)9-13(11-26-21)15-10-14(24)5-6-16(15)25/h5-11,19H,4,12H2,1-3H3,(H,28,30). The molecular weight excluding hydrogens is 482 g/mol. The maximum atomic E-state index is 14.3. The lowest BCUT2D eigenvalue weighted by atomic mass is 10.1. The molecule has 1 N–H and O–H groups in total. The lowest BCUT2D eigenvalue weighted by Gasteiger charge is -2.19. The summed E-state index contributed by atoms with van der Waals surface area (Å²) >= 11 is 0. The Balaban J connectivity index is 1.89. The van der Waals surface area contributed by atoms with E-state index in [-0.39, 0.29) is 40.5 Å². The number of pyridine rings is 2. The van der Waals surface area contributed by atoms with E-state index in [4.69, 9.17) is 9.47 Å². The Morgan fingerprint density at radius 3 is 2.63 bits per heavy atom. The lowest BCUT2D eigenvalue weighted by Crippen LogP contribution is -2.29. The van der Waals surface area contributed by atoms with Crippen LogP contribution in [0, 0.1) is 11.6 Å². The zero-order valence-corrected chi connectivity index (χ0v) is 19.9. The van der Waals surface area contributed by atoms with Crippen molar-refractivity contribution in [1.82, 2.24) is 19.5 Å². The number of methoxy groups -OCH3 is 1. The molecule has 0 spiro atoms. The van der Waals surface area contributed by atoms with Crippen molar-refractivity contribution < 1.29 is 26.7 Å². The number of H-pyrrole nitrogens is 1. The van der Waals surface area contributed by atoms with Gasteiger partial charge in [0.1, 0.15) is 21.5 Å². The van der Waals surface area contributed by atoms with E-state index in [0.717, 1.165) is 24.5 Å². The SMILES string of the molecule is CCOc1nc(C(CS(C)(=O)=O)n2c(=O)[nH]c3cc(-c4cc(F)ccc4F)cnc32)ccc1OC. The van der Waals surface area contributed by atoms with Crippen LogP contribution in [0.4, 0.5) is 8.78 Å². The minimum atomic E-state index is -3.59. The molecule has 0 aliphatic carbocycles. The number of nitrogens with one attached hydrogen (secondary N) is 1. The zero-order valence-electron chi connectivity index (χ0n) is 19.1. The average Bonchev–Trinajstić information content (AvgIpc) is 3.13. The van der Waals surface area contributed by atoms with Crippen LogP contribution in [-0.2, 0) is 9.84 Å². The third-order valence-electron chi connectivity index (χ3n) is 5.26. The Morgan fingerprint density at radius 2 is 1.94 bits per heavy atom. The van der Waals surface area contributed by atoms with E-state index >= 15 is 0 Å². The maximum absolute atomic E-state index is 14.3. The normalized spacial score (nSPS) is 12.6. The summed E-state index contributed by atoms with van der Waals surface area (Å²) in [6.07, 6.45) is 2.33. The summed E-state index contributed by atoms with van der Waals surface area (Å²) in [6.45, 7) is 2.05. The number of imidazole rings is 1. The van der Waals surface area contributed by atoms with Crippen LogP contribution in [0.5, 0.6) is 11.6 Å². The summed E-state index contributed by atoms with van der Waals surface area (Å²) in [6, 6.07) is 6.52. The molecule has 0 aliphatic heterocycles. The zero-order chi connectivity index (χ0) is 25.3. The first-order valence-electron chi connectivity index (χ1n) is 10.5. The van der Waals surface area contributed by atoms with Crippen LogP contribution in [0.15, 0.2) is 47.4 Å². The second-order valence-corrected chi connectivity index (χ2v) is 9.99.